The van der Waals surface area contributed by atoms with Crippen LogP contribution < -0.4 is 5.32 Å². The fourth-order valence-corrected chi connectivity index (χ4v) is 4.97. The standard InChI is InChI=1S/C23H18Cl2N4O5S/c24-13-8-9-14(16(25)11-13)17-12-35-23(26-17)27-19(30)7-2-1-3-10-28-21(31)15-5-4-6-18(29(33)34)20(15)22(28)32/h4-6,8-9,11-12H,1-3,7,10H2,(H,26,27,30). The van der Waals surface area contributed by atoms with E-state index >= 15 is 0 Å². The number of nitro benzene ring substituents is 1. The second kappa shape index (κ2) is 10.5. The Hall–Kier alpha value is -3.34. The normalized spacial score (nSPS) is 12.7. The Balaban J connectivity index is 1.24. The molecule has 0 saturated heterocycles. The van der Waals surface area contributed by atoms with Crippen LogP contribution in [-0.4, -0.2) is 39.1 Å². The number of nitrogens with zero attached hydrogens (tertiary/aromatic N) is 3. The summed E-state index contributed by atoms with van der Waals surface area (Å²) in [5, 5.41) is 17.2. The van der Waals surface area contributed by atoms with Gasteiger partial charge in [0.1, 0.15) is 5.56 Å². The van der Waals surface area contributed by atoms with E-state index in [2.05, 4.69) is 10.3 Å². The average Bonchev–Trinajstić information content (AvgIpc) is 3.36. The van der Waals surface area contributed by atoms with Gasteiger partial charge in [-0.05, 0) is 37.1 Å². The highest BCUT2D eigenvalue weighted by molar-refractivity contribution is 7.14. The number of carbonyl (C=O) groups excluding carboxylic acids is 3. The van der Waals surface area contributed by atoms with Gasteiger partial charge in [0, 0.05) is 35.0 Å². The summed E-state index contributed by atoms with van der Waals surface area (Å²) < 4.78 is 0. The molecule has 0 spiro atoms. The van der Waals surface area contributed by atoms with Gasteiger partial charge in [-0.15, -0.1) is 11.3 Å². The van der Waals surface area contributed by atoms with Gasteiger partial charge >= 0.3 is 0 Å². The summed E-state index contributed by atoms with van der Waals surface area (Å²) in [6.45, 7) is 0.128. The lowest BCUT2D eigenvalue weighted by molar-refractivity contribution is -0.385. The second-order valence-corrected chi connectivity index (χ2v) is 9.44. The van der Waals surface area contributed by atoms with Crippen molar-refractivity contribution in [3.63, 3.8) is 0 Å². The molecule has 2 aromatic carbocycles. The monoisotopic (exact) mass is 532 g/mol. The largest absolute Gasteiger partial charge is 0.302 e. The zero-order valence-corrected chi connectivity index (χ0v) is 20.5. The van der Waals surface area contributed by atoms with Gasteiger partial charge in [0.25, 0.3) is 17.5 Å². The van der Waals surface area contributed by atoms with Crippen LogP contribution in [0.4, 0.5) is 10.8 Å². The molecule has 180 valence electrons. The third kappa shape index (κ3) is 5.34. The first-order valence-electron chi connectivity index (χ1n) is 10.6. The number of thiazole rings is 1. The van der Waals surface area contributed by atoms with Crippen LogP contribution in [0.5, 0.6) is 0 Å². The number of halogens is 2. The van der Waals surface area contributed by atoms with Crippen molar-refractivity contribution in [2.75, 3.05) is 11.9 Å². The van der Waals surface area contributed by atoms with Gasteiger partial charge in [-0.1, -0.05) is 35.7 Å². The first kappa shape index (κ1) is 24.8. The van der Waals surface area contributed by atoms with Gasteiger partial charge in [0.05, 0.1) is 21.2 Å². The van der Waals surface area contributed by atoms with Crippen molar-refractivity contribution in [1.29, 1.82) is 0 Å². The van der Waals surface area contributed by atoms with Crippen molar-refractivity contribution >= 4 is 63.1 Å². The molecule has 0 radical (unpaired) electrons. The minimum atomic E-state index is -0.665. The van der Waals surface area contributed by atoms with Crippen LogP contribution in [0.25, 0.3) is 11.3 Å². The molecule has 4 rings (SSSR count). The molecule has 0 atom stereocenters. The van der Waals surface area contributed by atoms with Crippen molar-refractivity contribution in [2.24, 2.45) is 0 Å². The number of fused-ring (bicyclic) bond motifs is 1. The highest BCUT2D eigenvalue weighted by Crippen LogP contribution is 2.33. The number of unbranched alkanes of at least 4 members (excludes halogenated alkanes) is 2. The summed E-state index contributed by atoms with van der Waals surface area (Å²) in [7, 11) is 0. The number of anilines is 1. The van der Waals surface area contributed by atoms with E-state index in [0.717, 1.165) is 4.90 Å². The smallest absolute Gasteiger partial charge is 0.282 e. The summed E-state index contributed by atoms with van der Waals surface area (Å²) in [6.07, 6.45) is 1.84. The number of hydrogen-bond acceptors (Lipinski definition) is 7. The van der Waals surface area contributed by atoms with Crippen LogP contribution in [0.3, 0.4) is 0 Å². The van der Waals surface area contributed by atoms with E-state index in [9.17, 15) is 24.5 Å². The lowest BCUT2D eigenvalue weighted by atomic mass is 10.1. The molecule has 1 aromatic heterocycles. The zero-order chi connectivity index (χ0) is 25.1. The molecule has 3 aromatic rings. The van der Waals surface area contributed by atoms with E-state index < -0.39 is 16.7 Å². The third-order valence-electron chi connectivity index (χ3n) is 5.42. The molecule has 1 aliphatic rings. The Labute approximate surface area is 213 Å². The van der Waals surface area contributed by atoms with Gasteiger partial charge < -0.3 is 5.32 Å². The second-order valence-electron chi connectivity index (χ2n) is 7.74. The van der Waals surface area contributed by atoms with Gasteiger partial charge in [-0.2, -0.15) is 0 Å². The lowest BCUT2D eigenvalue weighted by Crippen LogP contribution is -2.30. The molecular formula is C23H18Cl2N4O5S. The van der Waals surface area contributed by atoms with E-state index in [1.165, 1.54) is 29.5 Å². The number of nitrogens with one attached hydrogen (secondary N) is 1. The number of rotatable bonds is 9. The van der Waals surface area contributed by atoms with E-state index in [4.69, 9.17) is 23.2 Å². The summed E-state index contributed by atoms with van der Waals surface area (Å²) in [4.78, 5) is 53.3. The number of carbonyl (C=O) groups is 3. The molecule has 35 heavy (non-hydrogen) atoms. The van der Waals surface area contributed by atoms with Crippen molar-refractivity contribution in [2.45, 2.75) is 25.7 Å². The Kier molecular flexibility index (Phi) is 7.44. The minimum absolute atomic E-state index is 0.0475. The SMILES string of the molecule is O=C(CCCCCN1C(=O)c2cccc([N+](=O)[O-])c2C1=O)Nc1nc(-c2ccc(Cl)cc2Cl)cs1. The minimum Gasteiger partial charge on any atom is -0.302 e. The predicted octanol–water partition coefficient (Wildman–Crippen LogP) is 5.82. The molecular weight excluding hydrogens is 515 g/mol. The molecule has 1 N–H and O–H groups in total. The fraction of sp³-hybridized carbons (Fsp3) is 0.217. The number of amides is 3. The Morgan fingerprint density at radius 3 is 2.63 bits per heavy atom. The van der Waals surface area contributed by atoms with Crippen molar-refractivity contribution in [3.8, 4) is 11.3 Å². The van der Waals surface area contributed by atoms with E-state index in [1.807, 2.05) is 0 Å². The van der Waals surface area contributed by atoms with E-state index in [0.29, 0.717) is 45.7 Å². The Morgan fingerprint density at radius 1 is 1.09 bits per heavy atom. The van der Waals surface area contributed by atoms with Crippen LogP contribution >= 0.6 is 34.5 Å². The summed E-state index contributed by atoms with van der Waals surface area (Å²) >= 11 is 13.4. The van der Waals surface area contributed by atoms with Gasteiger partial charge in [0.2, 0.25) is 5.91 Å². The van der Waals surface area contributed by atoms with Crippen LogP contribution in [0, 0.1) is 10.1 Å². The van der Waals surface area contributed by atoms with Crippen LogP contribution in [0.2, 0.25) is 10.0 Å². The first-order valence-corrected chi connectivity index (χ1v) is 12.2. The Morgan fingerprint density at radius 2 is 1.89 bits per heavy atom. The van der Waals surface area contributed by atoms with Crippen LogP contribution in [-0.2, 0) is 4.79 Å². The van der Waals surface area contributed by atoms with E-state index in [1.54, 1.807) is 23.6 Å². The molecule has 2 heterocycles. The summed E-state index contributed by atoms with van der Waals surface area (Å²) in [6, 6.07) is 9.11. The van der Waals surface area contributed by atoms with E-state index in [-0.39, 0.29) is 35.7 Å². The lowest BCUT2D eigenvalue weighted by Gasteiger charge is -2.13. The maximum Gasteiger partial charge on any atom is 0.282 e. The number of nitro groups is 1. The molecule has 3 amide bonds. The third-order valence-corrected chi connectivity index (χ3v) is 6.72. The first-order chi connectivity index (χ1) is 16.8. The number of imide groups is 1. The molecule has 9 nitrogen and oxygen atoms in total. The van der Waals surface area contributed by atoms with Crippen LogP contribution in [0.15, 0.2) is 41.8 Å². The molecule has 0 aliphatic carbocycles. The molecule has 0 unspecified atom stereocenters. The highest BCUT2D eigenvalue weighted by Gasteiger charge is 2.40. The van der Waals surface area contributed by atoms with Crippen molar-refractivity contribution < 1.29 is 19.3 Å². The maximum absolute atomic E-state index is 12.6. The summed E-state index contributed by atoms with van der Waals surface area (Å²) in [5.41, 5.74) is 0.860. The van der Waals surface area contributed by atoms with Gasteiger partial charge in [0.15, 0.2) is 5.13 Å². The van der Waals surface area contributed by atoms with Crippen molar-refractivity contribution in [3.05, 3.63) is 73.1 Å². The number of hydrogen-bond donors (Lipinski definition) is 1. The van der Waals surface area contributed by atoms with Gasteiger partial charge in [-0.3, -0.25) is 29.4 Å². The molecule has 0 saturated carbocycles. The number of benzene rings is 2. The van der Waals surface area contributed by atoms with Crippen LogP contribution in [0.1, 0.15) is 46.4 Å². The molecule has 0 bridgehead atoms. The topological polar surface area (TPSA) is 123 Å². The Bertz CT molecular complexity index is 1340. The van der Waals surface area contributed by atoms with Crippen molar-refractivity contribution in [1.82, 2.24) is 9.88 Å². The zero-order valence-electron chi connectivity index (χ0n) is 18.1. The average molecular weight is 533 g/mol. The quantitative estimate of drug-likeness (QED) is 0.160. The fourth-order valence-electron chi connectivity index (χ4n) is 3.74. The molecule has 1 aliphatic heterocycles. The molecule has 0 fully saturated rings. The highest BCUT2D eigenvalue weighted by atomic mass is 35.5. The predicted molar refractivity (Wildman–Crippen MR) is 133 cm³/mol. The number of aromatic nitrogens is 1. The molecule has 12 heteroatoms. The van der Waals surface area contributed by atoms with Gasteiger partial charge in [-0.25, -0.2) is 4.98 Å². The maximum atomic E-state index is 12.6. The summed E-state index contributed by atoms with van der Waals surface area (Å²) in [5.74, 6) is -1.40.